The minimum absolute atomic E-state index is 0.0105. The van der Waals surface area contributed by atoms with Crippen LogP contribution in [-0.4, -0.2) is 50.5 Å². The molecular weight excluding hydrogens is 330 g/mol. The lowest BCUT2D eigenvalue weighted by atomic mass is 9.84. The number of hydrogen-bond acceptors (Lipinski definition) is 4. The van der Waals surface area contributed by atoms with Crippen molar-refractivity contribution in [3.63, 3.8) is 0 Å². The van der Waals surface area contributed by atoms with E-state index in [0.717, 1.165) is 31.5 Å². The van der Waals surface area contributed by atoms with Crippen LogP contribution >= 0.6 is 0 Å². The van der Waals surface area contributed by atoms with Crippen LogP contribution in [0.25, 0.3) is 0 Å². The highest BCUT2D eigenvalue weighted by molar-refractivity contribution is 5.92. The Bertz CT molecular complexity index is 625. The number of anilines is 1. The first-order valence-corrected chi connectivity index (χ1v) is 9.31. The van der Waals surface area contributed by atoms with E-state index in [0.29, 0.717) is 29.7 Å². The Kier molecular flexibility index (Phi) is 7.45. The van der Waals surface area contributed by atoms with Crippen LogP contribution in [0.2, 0.25) is 0 Å². The Balaban J connectivity index is 1.96. The Morgan fingerprint density at radius 1 is 1.31 bits per heavy atom. The summed E-state index contributed by atoms with van der Waals surface area (Å²) in [5, 5.41) is 6.31. The number of piperidine rings is 1. The number of ether oxygens (including phenoxy) is 1. The van der Waals surface area contributed by atoms with Crippen LogP contribution < -0.4 is 15.4 Å². The molecule has 2 N–H and O–H groups in total. The maximum absolute atomic E-state index is 12.5. The third-order valence-corrected chi connectivity index (χ3v) is 4.96. The van der Waals surface area contributed by atoms with Crippen molar-refractivity contribution in [1.82, 2.24) is 10.2 Å². The molecule has 1 fully saturated rings. The minimum atomic E-state index is -0.122. The summed E-state index contributed by atoms with van der Waals surface area (Å²) in [4.78, 5) is 25.7. The molecule has 1 unspecified atom stereocenters. The van der Waals surface area contributed by atoms with Crippen molar-refractivity contribution in [2.45, 2.75) is 33.1 Å². The molecule has 0 radical (unpaired) electrons. The van der Waals surface area contributed by atoms with E-state index in [4.69, 9.17) is 4.74 Å². The maximum atomic E-state index is 12.5. The second kappa shape index (κ2) is 9.57. The summed E-state index contributed by atoms with van der Waals surface area (Å²) in [6, 6.07) is 5.60. The van der Waals surface area contributed by atoms with Crippen molar-refractivity contribution in [1.29, 1.82) is 0 Å². The molecule has 1 aliphatic rings. The van der Waals surface area contributed by atoms with Crippen LogP contribution in [0, 0.1) is 18.8 Å². The number of carbonyl (C=O) groups is 2. The molecule has 1 heterocycles. The number of aryl methyl sites for hydroxylation is 1. The standard InChI is InChI=1S/C20H31N3O3/c1-14-5-6-17(18(11-14)26-13-20(25)23(3)4)22-19(24)12-15(2)16-7-9-21-10-8-16/h5-6,11,15-16,21H,7-10,12-13H2,1-4H3,(H,22,24). The molecule has 1 atom stereocenters. The lowest BCUT2D eigenvalue weighted by Gasteiger charge is -2.28. The monoisotopic (exact) mass is 361 g/mol. The molecule has 144 valence electrons. The first kappa shape index (κ1) is 20.2. The molecule has 0 aromatic heterocycles. The summed E-state index contributed by atoms with van der Waals surface area (Å²) >= 11 is 0. The van der Waals surface area contributed by atoms with Gasteiger partial charge in [-0.2, -0.15) is 0 Å². The molecule has 1 aromatic rings. The Morgan fingerprint density at radius 2 is 2.00 bits per heavy atom. The van der Waals surface area contributed by atoms with Crippen LogP contribution in [0.5, 0.6) is 5.75 Å². The van der Waals surface area contributed by atoms with Gasteiger partial charge in [-0.1, -0.05) is 13.0 Å². The molecule has 1 aromatic carbocycles. The zero-order valence-electron chi connectivity index (χ0n) is 16.3. The van der Waals surface area contributed by atoms with Gasteiger partial charge >= 0.3 is 0 Å². The summed E-state index contributed by atoms with van der Waals surface area (Å²) in [7, 11) is 3.37. The third kappa shape index (κ3) is 6.02. The van der Waals surface area contributed by atoms with Gasteiger partial charge in [0.1, 0.15) is 5.75 Å². The van der Waals surface area contributed by atoms with Crippen LogP contribution in [0.1, 0.15) is 31.7 Å². The van der Waals surface area contributed by atoms with Crippen molar-refractivity contribution in [3.8, 4) is 5.75 Å². The molecule has 1 aliphatic heterocycles. The number of nitrogens with zero attached hydrogens (tertiary/aromatic N) is 1. The van der Waals surface area contributed by atoms with E-state index < -0.39 is 0 Å². The molecule has 2 rings (SSSR count). The van der Waals surface area contributed by atoms with Gasteiger partial charge in [0.15, 0.2) is 6.61 Å². The second-order valence-electron chi connectivity index (χ2n) is 7.39. The predicted octanol–water partition coefficient (Wildman–Crippen LogP) is 2.43. The average molecular weight is 361 g/mol. The zero-order valence-corrected chi connectivity index (χ0v) is 16.3. The summed E-state index contributed by atoms with van der Waals surface area (Å²) < 4.78 is 5.65. The molecule has 2 amide bonds. The van der Waals surface area contributed by atoms with Crippen molar-refractivity contribution in [2.75, 3.05) is 39.1 Å². The lowest BCUT2D eigenvalue weighted by Crippen LogP contribution is -2.32. The molecule has 6 heteroatoms. The first-order valence-electron chi connectivity index (χ1n) is 9.31. The van der Waals surface area contributed by atoms with Crippen LogP contribution in [-0.2, 0) is 9.59 Å². The van der Waals surface area contributed by atoms with Crippen molar-refractivity contribution >= 4 is 17.5 Å². The van der Waals surface area contributed by atoms with E-state index in [2.05, 4.69) is 17.6 Å². The Hall–Kier alpha value is -2.08. The summed E-state index contributed by atoms with van der Waals surface area (Å²) in [5.41, 5.74) is 1.63. The fourth-order valence-electron chi connectivity index (χ4n) is 3.19. The normalized spacial score (nSPS) is 16.0. The first-order chi connectivity index (χ1) is 12.4. The van der Waals surface area contributed by atoms with Gasteiger partial charge in [0.05, 0.1) is 5.69 Å². The highest BCUT2D eigenvalue weighted by Gasteiger charge is 2.22. The minimum Gasteiger partial charge on any atom is -0.482 e. The molecular formula is C20H31N3O3. The van der Waals surface area contributed by atoms with E-state index >= 15 is 0 Å². The van der Waals surface area contributed by atoms with Crippen LogP contribution in [0.4, 0.5) is 5.69 Å². The van der Waals surface area contributed by atoms with Gasteiger partial charge in [-0.3, -0.25) is 9.59 Å². The molecule has 26 heavy (non-hydrogen) atoms. The maximum Gasteiger partial charge on any atom is 0.259 e. The molecule has 0 bridgehead atoms. The summed E-state index contributed by atoms with van der Waals surface area (Å²) in [6.07, 6.45) is 2.74. The highest BCUT2D eigenvalue weighted by Crippen LogP contribution is 2.28. The SMILES string of the molecule is Cc1ccc(NC(=O)CC(C)C2CCNCC2)c(OCC(=O)N(C)C)c1. The Labute approximate surface area is 156 Å². The topological polar surface area (TPSA) is 70.7 Å². The third-order valence-electron chi connectivity index (χ3n) is 4.96. The Morgan fingerprint density at radius 3 is 2.65 bits per heavy atom. The van der Waals surface area contributed by atoms with Crippen molar-refractivity contribution < 1.29 is 14.3 Å². The number of carbonyl (C=O) groups excluding carboxylic acids is 2. The smallest absolute Gasteiger partial charge is 0.259 e. The largest absolute Gasteiger partial charge is 0.482 e. The van der Waals surface area contributed by atoms with Crippen molar-refractivity contribution in [3.05, 3.63) is 23.8 Å². The quantitative estimate of drug-likeness (QED) is 0.782. The number of benzene rings is 1. The molecule has 0 spiro atoms. The van der Waals surface area contributed by atoms with E-state index in [1.54, 1.807) is 14.1 Å². The zero-order chi connectivity index (χ0) is 19.1. The number of amides is 2. The van der Waals surface area contributed by atoms with Gasteiger partial charge in [-0.15, -0.1) is 0 Å². The predicted molar refractivity (Wildman–Crippen MR) is 103 cm³/mol. The fraction of sp³-hybridized carbons (Fsp3) is 0.600. The number of nitrogens with one attached hydrogen (secondary N) is 2. The molecule has 0 saturated carbocycles. The molecule has 1 saturated heterocycles. The second-order valence-corrected chi connectivity index (χ2v) is 7.39. The summed E-state index contributed by atoms with van der Waals surface area (Å²) in [5.74, 6) is 1.34. The van der Waals surface area contributed by atoms with Crippen LogP contribution in [0.15, 0.2) is 18.2 Å². The van der Waals surface area contributed by atoms with Gasteiger partial charge in [0.2, 0.25) is 5.91 Å². The van der Waals surface area contributed by atoms with E-state index in [1.165, 1.54) is 4.90 Å². The van der Waals surface area contributed by atoms with Gasteiger partial charge in [0.25, 0.3) is 5.91 Å². The fourth-order valence-corrected chi connectivity index (χ4v) is 3.19. The van der Waals surface area contributed by atoms with Gasteiger partial charge in [-0.25, -0.2) is 0 Å². The van der Waals surface area contributed by atoms with Crippen molar-refractivity contribution in [2.24, 2.45) is 11.8 Å². The van der Waals surface area contributed by atoms with E-state index in [-0.39, 0.29) is 18.4 Å². The molecule has 6 nitrogen and oxygen atoms in total. The van der Waals surface area contributed by atoms with Crippen LogP contribution in [0.3, 0.4) is 0 Å². The summed E-state index contributed by atoms with van der Waals surface area (Å²) in [6.45, 7) is 6.12. The number of hydrogen-bond donors (Lipinski definition) is 2. The number of rotatable bonds is 7. The average Bonchev–Trinajstić information content (AvgIpc) is 2.62. The van der Waals surface area contributed by atoms with E-state index in [9.17, 15) is 9.59 Å². The number of likely N-dealkylation sites (N-methyl/N-ethyl adjacent to an activating group) is 1. The van der Waals surface area contributed by atoms with Gasteiger partial charge in [-0.05, 0) is 62.4 Å². The lowest BCUT2D eigenvalue weighted by molar-refractivity contribution is -0.130. The van der Waals surface area contributed by atoms with Gasteiger partial charge < -0.3 is 20.3 Å². The highest BCUT2D eigenvalue weighted by atomic mass is 16.5. The van der Waals surface area contributed by atoms with Gasteiger partial charge in [0, 0.05) is 20.5 Å². The molecule has 0 aliphatic carbocycles. The van der Waals surface area contributed by atoms with E-state index in [1.807, 2.05) is 25.1 Å².